The van der Waals surface area contributed by atoms with Gasteiger partial charge in [0.15, 0.2) is 23.4 Å². The second kappa shape index (κ2) is 3.73. The molecule has 0 unspecified atom stereocenters. The van der Waals surface area contributed by atoms with Gasteiger partial charge in [0.05, 0.1) is 12.5 Å². The molecule has 0 amide bonds. The number of ketones is 1. The zero-order valence-corrected chi connectivity index (χ0v) is 12.3. The van der Waals surface area contributed by atoms with Crippen LogP contribution in [0.1, 0.15) is 17.5 Å². The summed E-state index contributed by atoms with van der Waals surface area (Å²) >= 11 is 0. The van der Waals surface area contributed by atoms with Crippen LogP contribution in [-0.4, -0.2) is 42.3 Å². The van der Waals surface area contributed by atoms with E-state index in [1.54, 1.807) is 13.2 Å². The summed E-state index contributed by atoms with van der Waals surface area (Å²) in [6.45, 7) is 0.768. The van der Waals surface area contributed by atoms with Gasteiger partial charge in [-0.25, -0.2) is 0 Å². The fourth-order valence-electron chi connectivity index (χ4n) is 4.98. The lowest BCUT2D eigenvalue weighted by Gasteiger charge is -2.57. The van der Waals surface area contributed by atoms with Crippen molar-refractivity contribution in [2.24, 2.45) is 0 Å². The third-order valence-electron chi connectivity index (χ3n) is 5.90. The highest BCUT2D eigenvalue weighted by Gasteiger charge is 2.70. The molecule has 2 bridgehead atoms. The highest BCUT2D eigenvalue weighted by atomic mass is 16.5. The molecule has 22 heavy (non-hydrogen) atoms. The standard InChI is InChI=1S/C17H17NO4/c1-21-11-3-2-9-8-12-17(20)5-4-10(19)15-16(17,6-7-18-12)13(9)14(11)22-15/h2-5,12,15,18,20H,6-8H2,1H3/t12-,15+,16+,17-/m0/s1. The number of ether oxygens (including phenoxy) is 2. The zero-order chi connectivity index (χ0) is 15.1. The van der Waals surface area contributed by atoms with Crippen molar-refractivity contribution < 1.29 is 19.4 Å². The summed E-state index contributed by atoms with van der Waals surface area (Å²) in [6, 6.07) is 3.83. The molecule has 2 heterocycles. The molecule has 4 atom stereocenters. The lowest BCUT2D eigenvalue weighted by atomic mass is 9.51. The summed E-state index contributed by atoms with van der Waals surface area (Å²) in [5.41, 5.74) is 0.346. The number of piperidine rings is 1. The van der Waals surface area contributed by atoms with E-state index in [0.717, 1.165) is 24.1 Å². The first-order valence-corrected chi connectivity index (χ1v) is 7.67. The Labute approximate surface area is 127 Å². The zero-order valence-electron chi connectivity index (χ0n) is 12.3. The van der Waals surface area contributed by atoms with Gasteiger partial charge in [-0.15, -0.1) is 0 Å². The van der Waals surface area contributed by atoms with Gasteiger partial charge in [0.1, 0.15) is 5.60 Å². The molecule has 0 aromatic heterocycles. The number of hydrogen-bond donors (Lipinski definition) is 2. The van der Waals surface area contributed by atoms with Crippen molar-refractivity contribution in [3.05, 3.63) is 35.4 Å². The molecular formula is C17H17NO4. The van der Waals surface area contributed by atoms with E-state index in [9.17, 15) is 9.90 Å². The largest absolute Gasteiger partial charge is 0.493 e. The molecule has 2 N–H and O–H groups in total. The Kier molecular flexibility index (Phi) is 2.15. The number of aliphatic hydroxyl groups is 1. The first-order chi connectivity index (χ1) is 10.6. The number of hydrogen-bond acceptors (Lipinski definition) is 5. The third-order valence-corrected chi connectivity index (χ3v) is 5.90. The Hall–Kier alpha value is -1.85. The van der Waals surface area contributed by atoms with Gasteiger partial charge in [-0.1, -0.05) is 6.07 Å². The minimum absolute atomic E-state index is 0.0728. The predicted octanol–water partition coefficient (Wildman–Crippen LogP) is 0.482. The van der Waals surface area contributed by atoms with Gasteiger partial charge in [-0.2, -0.15) is 0 Å². The molecule has 114 valence electrons. The Morgan fingerprint density at radius 1 is 1.45 bits per heavy atom. The number of rotatable bonds is 1. The Balaban J connectivity index is 1.90. The second-order valence-electron chi connectivity index (χ2n) is 6.62. The van der Waals surface area contributed by atoms with Crippen molar-refractivity contribution in [3.8, 4) is 11.5 Å². The van der Waals surface area contributed by atoms with E-state index in [2.05, 4.69) is 5.32 Å². The van der Waals surface area contributed by atoms with E-state index in [0.29, 0.717) is 17.9 Å². The maximum absolute atomic E-state index is 12.5. The van der Waals surface area contributed by atoms with Crippen molar-refractivity contribution in [1.82, 2.24) is 5.32 Å². The van der Waals surface area contributed by atoms with Crippen LogP contribution in [0.3, 0.4) is 0 Å². The summed E-state index contributed by atoms with van der Waals surface area (Å²) in [5, 5.41) is 14.9. The molecule has 5 rings (SSSR count). The number of methoxy groups -OCH3 is 1. The smallest absolute Gasteiger partial charge is 0.196 e. The minimum atomic E-state index is -1.09. The third kappa shape index (κ3) is 1.12. The van der Waals surface area contributed by atoms with Crippen LogP contribution in [0.25, 0.3) is 0 Å². The van der Waals surface area contributed by atoms with Gasteiger partial charge in [0, 0.05) is 11.6 Å². The summed E-state index contributed by atoms with van der Waals surface area (Å²) < 4.78 is 11.5. The lowest BCUT2D eigenvalue weighted by Crippen LogP contribution is -2.74. The molecule has 4 aliphatic rings. The van der Waals surface area contributed by atoms with Gasteiger partial charge in [0.25, 0.3) is 0 Å². The molecule has 2 aliphatic carbocycles. The predicted molar refractivity (Wildman–Crippen MR) is 78.3 cm³/mol. The van der Waals surface area contributed by atoms with Crippen LogP contribution in [0.15, 0.2) is 24.3 Å². The van der Waals surface area contributed by atoms with Crippen LogP contribution in [0.2, 0.25) is 0 Å². The van der Waals surface area contributed by atoms with E-state index in [1.807, 2.05) is 12.1 Å². The molecule has 0 saturated carbocycles. The number of carbonyl (C=O) groups excluding carboxylic acids is 1. The van der Waals surface area contributed by atoms with Crippen LogP contribution in [0, 0.1) is 0 Å². The Morgan fingerprint density at radius 3 is 3.14 bits per heavy atom. The summed E-state index contributed by atoms with van der Waals surface area (Å²) in [4.78, 5) is 12.5. The highest BCUT2D eigenvalue weighted by molar-refractivity contribution is 5.99. The van der Waals surface area contributed by atoms with Crippen molar-refractivity contribution in [2.45, 2.75) is 36.0 Å². The summed E-state index contributed by atoms with van der Waals surface area (Å²) in [7, 11) is 1.60. The molecule has 0 radical (unpaired) electrons. The van der Waals surface area contributed by atoms with E-state index >= 15 is 0 Å². The molecule has 5 heteroatoms. The first-order valence-electron chi connectivity index (χ1n) is 7.67. The quantitative estimate of drug-likeness (QED) is 0.789. The maximum Gasteiger partial charge on any atom is 0.196 e. The minimum Gasteiger partial charge on any atom is -0.493 e. The molecule has 1 saturated heterocycles. The number of nitrogens with one attached hydrogen (secondary N) is 1. The van der Waals surface area contributed by atoms with Gasteiger partial charge >= 0.3 is 0 Å². The summed E-state index contributed by atoms with van der Waals surface area (Å²) in [6.07, 6.45) is 3.90. The molecule has 2 aliphatic heterocycles. The van der Waals surface area contributed by atoms with Crippen molar-refractivity contribution in [2.75, 3.05) is 13.7 Å². The monoisotopic (exact) mass is 299 g/mol. The normalized spacial score (nSPS) is 40.2. The van der Waals surface area contributed by atoms with Gasteiger partial charge in [0.2, 0.25) is 0 Å². The van der Waals surface area contributed by atoms with E-state index in [4.69, 9.17) is 9.47 Å². The molecular weight excluding hydrogens is 282 g/mol. The summed E-state index contributed by atoms with van der Waals surface area (Å²) in [5.74, 6) is 1.20. The molecule has 1 aromatic rings. The van der Waals surface area contributed by atoms with Crippen LogP contribution < -0.4 is 14.8 Å². The first kappa shape index (κ1) is 12.7. The molecule has 1 aromatic carbocycles. The molecule has 1 spiro atoms. The van der Waals surface area contributed by atoms with E-state index < -0.39 is 17.1 Å². The average Bonchev–Trinajstić information content (AvgIpc) is 2.85. The van der Waals surface area contributed by atoms with Crippen LogP contribution in [0.4, 0.5) is 0 Å². The number of benzene rings is 1. The average molecular weight is 299 g/mol. The SMILES string of the molecule is COc1ccc2c3c1O[C@@H]1C(=O)C=C[C@]4(O)[C@H](C2)NCC[C@@]314. The molecule has 1 fully saturated rings. The Bertz CT molecular complexity index is 742. The van der Waals surface area contributed by atoms with Gasteiger partial charge in [-0.3, -0.25) is 4.79 Å². The topological polar surface area (TPSA) is 67.8 Å². The van der Waals surface area contributed by atoms with Crippen LogP contribution in [0.5, 0.6) is 11.5 Å². The van der Waals surface area contributed by atoms with Gasteiger partial charge in [-0.05, 0) is 43.2 Å². The van der Waals surface area contributed by atoms with Crippen molar-refractivity contribution in [1.29, 1.82) is 0 Å². The highest BCUT2D eigenvalue weighted by Crippen LogP contribution is 2.62. The molecule has 5 nitrogen and oxygen atoms in total. The second-order valence-corrected chi connectivity index (χ2v) is 6.62. The maximum atomic E-state index is 12.5. The van der Waals surface area contributed by atoms with Gasteiger partial charge < -0.3 is 19.9 Å². The van der Waals surface area contributed by atoms with Crippen molar-refractivity contribution in [3.63, 3.8) is 0 Å². The fraction of sp³-hybridized carbons (Fsp3) is 0.471. The number of carbonyl (C=O) groups is 1. The van der Waals surface area contributed by atoms with Crippen LogP contribution >= 0.6 is 0 Å². The van der Waals surface area contributed by atoms with E-state index in [-0.39, 0.29) is 11.8 Å². The van der Waals surface area contributed by atoms with Crippen LogP contribution in [-0.2, 0) is 16.6 Å². The van der Waals surface area contributed by atoms with E-state index in [1.165, 1.54) is 6.08 Å². The van der Waals surface area contributed by atoms with Crippen molar-refractivity contribution >= 4 is 5.78 Å². The lowest BCUT2D eigenvalue weighted by molar-refractivity contribution is -0.139. The fourth-order valence-corrected chi connectivity index (χ4v) is 4.98. The Morgan fingerprint density at radius 2 is 2.32 bits per heavy atom.